The lowest BCUT2D eigenvalue weighted by molar-refractivity contribution is -0.127. The molecule has 0 bridgehead atoms. The molecule has 0 saturated heterocycles. The third kappa shape index (κ3) is 3.07. The topological polar surface area (TPSA) is 55.1 Å². The summed E-state index contributed by atoms with van der Waals surface area (Å²) in [7, 11) is 0. The molecule has 1 aliphatic rings. The fourth-order valence-electron chi connectivity index (χ4n) is 2.03. The summed E-state index contributed by atoms with van der Waals surface area (Å²) in [4.78, 5) is 13.3. The molecule has 0 aromatic carbocycles. The van der Waals surface area contributed by atoms with Crippen molar-refractivity contribution in [1.29, 1.82) is 0 Å². The predicted molar refractivity (Wildman–Crippen MR) is 70.9 cm³/mol. The normalized spacial score (nSPS) is 20.6. The number of rotatable bonds is 5. The van der Waals surface area contributed by atoms with Crippen molar-refractivity contribution in [1.82, 2.24) is 5.32 Å². The molecule has 1 amide bonds. The molecule has 94 valence electrons. The van der Waals surface area contributed by atoms with Gasteiger partial charge in [0, 0.05) is 17.3 Å². The molecule has 2 rings (SSSR count). The van der Waals surface area contributed by atoms with Gasteiger partial charge in [-0.3, -0.25) is 4.79 Å². The average Bonchev–Trinajstić information content (AvgIpc) is 3.00. The smallest absolute Gasteiger partial charge is 0.240 e. The van der Waals surface area contributed by atoms with Crippen LogP contribution in [0.4, 0.5) is 0 Å². The van der Waals surface area contributed by atoms with Crippen molar-refractivity contribution in [2.24, 2.45) is 11.7 Å². The summed E-state index contributed by atoms with van der Waals surface area (Å²) in [6.45, 7) is 3.87. The number of amides is 1. The number of carbonyl (C=O) groups is 1. The molecule has 4 heteroatoms. The van der Waals surface area contributed by atoms with E-state index in [-0.39, 0.29) is 11.9 Å². The van der Waals surface area contributed by atoms with Crippen molar-refractivity contribution in [2.45, 2.75) is 44.7 Å². The van der Waals surface area contributed by atoms with E-state index in [2.05, 4.69) is 16.8 Å². The highest BCUT2D eigenvalue weighted by Crippen LogP contribution is 2.38. The lowest BCUT2D eigenvalue weighted by Gasteiger charge is -2.25. The fraction of sp³-hybridized carbons (Fsp3) is 0.615. The van der Waals surface area contributed by atoms with Crippen LogP contribution in [0.3, 0.4) is 0 Å². The van der Waals surface area contributed by atoms with E-state index in [1.165, 1.54) is 4.88 Å². The van der Waals surface area contributed by atoms with Crippen molar-refractivity contribution in [3.63, 3.8) is 0 Å². The van der Waals surface area contributed by atoms with Crippen LogP contribution >= 0.6 is 11.3 Å². The minimum absolute atomic E-state index is 0.0101. The number of carbonyl (C=O) groups excluding carboxylic acids is 1. The Morgan fingerprint density at radius 1 is 1.71 bits per heavy atom. The summed E-state index contributed by atoms with van der Waals surface area (Å²) in [6, 6.07) is 4.27. The Kier molecular flexibility index (Phi) is 3.54. The van der Waals surface area contributed by atoms with Crippen LogP contribution in [-0.2, 0) is 11.2 Å². The summed E-state index contributed by atoms with van der Waals surface area (Å²) >= 11 is 1.72. The average molecular weight is 252 g/mol. The molecule has 1 fully saturated rings. The van der Waals surface area contributed by atoms with Gasteiger partial charge >= 0.3 is 0 Å². The largest absolute Gasteiger partial charge is 0.352 e. The molecule has 2 atom stereocenters. The first-order valence-corrected chi connectivity index (χ1v) is 7.00. The minimum atomic E-state index is -0.691. The highest BCUT2D eigenvalue weighted by Gasteiger charge is 2.44. The molecule has 1 saturated carbocycles. The van der Waals surface area contributed by atoms with Gasteiger partial charge in [0.15, 0.2) is 0 Å². The first-order chi connectivity index (χ1) is 8.00. The summed E-state index contributed by atoms with van der Waals surface area (Å²) in [5.74, 6) is 0.362. The van der Waals surface area contributed by atoms with E-state index in [9.17, 15) is 4.79 Å². The zero-order valence-corrected chi connectivity index (χ0v) is 11.2. The molecule has 0 radical (unpaired) electrons. The molecule has 3 N–H and O–H groups in total. The van der Waals surface area contributed by atoms with Gasteiger partial charge < -0.3 is 11.1 Å². The van der Waals surface area contributed by atoms with E-state index in [0.29, 0.717) is 5.92 Å². The summed E-state index contributed by atoms with van der Waals surface area (Å²) < 4.78 is 0. The first-order valence-electron chi connectivity index (χ1n) is 6.12. The second-order valence-corrected chi connectivity index (χ2v) is 6.25. The Labute approximate surface area is 106 Å². The maximum atomic E-state index is 12.1. The van der Waals surface area contributed by atoms with E-state index in [0.717, 1.165) is 19.3 Å². The van der Waals surface area contributed by atoms with Crippen LogP contribution in [0.1, 0.15) is 31.6 Å². The van der Waals surface area contributed by atoms with E-state index in [1.54, 1.807) is 11.3 Å². The number of hydrogen-bond donors (Lipinski definition) is 2. The number of nitrogens with two attached hydrogens (primary N) is 1. The molecule has 1 aromatic heterocycles. The van der Waals surface area contributed by atoms with Gasteiger partial charge in [-0.15, -0.1) is 11.3 Å². The second kappa shape index (κ2) is 4.78. The van der Waals surface area contributed by atoms with Gasteiger partial charge in [-0.2, -0.15) is 0 Å². The lowest BCUT2D eigenvalue weighted by Crippen LogP contribution is -2.55. The van der Waals surface area contributed by atoms with Crippen LogP contribution in [0.25, 0.3) is 0 Å². The quantitative estimate of drug-likeness (QED) is 0.841. The third-order valence-electron chi connectivity index (χ3n) is 3.38. The highest BCUT2D eigenvalue weighted by atomic mass is 32.1. The van der Waals surface area contributed by atoms with Crippen LogP contribution in [0.15, 0.2) is 17.5 Å². The maximum absolute atomic E-state index is 12.1. The van der Waals surface area contributed by atoms with Gasteiger partial charge in [-0.1, -0.05) is 6.07 Å². The van der Waals surface area contributed by atoms with Crippen LogP contribution in [0.5, 0.6) is 0 Å². The molecule has 0 aliphatic heterocycles. The SMILES string of the molecule is CC(Cc1cccs1)NC(=O)C(C)(N)C1CC1. The second-order valence-electron chi connectivity index (χ2n) is 5.21. The first kappa shape index (κ1) is 12.6. The van der Waals surface area contributed by atoms with E-state index < -0.39 is 5.54 Å². The van der Waals surface area contributed by atoms with Crippen molar-refractivity contribution < 1.29 is 4.79 Å². The Bertz CT molecular complexity index is 382. The van der Waals surface area contributed by atoms with Gasteiger partial charge in [0.1, 0.15) is 0 Å². The molecule has 1 heterocycles. The van der Waals surface area contributed by atoms with Crippen LogP contribution in [0.2, 0.25) is 0 Å². The predicted octanol–water partition coefficient (Wildman–Crippen LogP) is 1.92. The molecule has 1 aromatic rings. The fourth-order valence-corrected chi connectivity index (χ4v) is 2.86. The Hall–Kier alpha value is -0.870. The molecule has 2 unspecified atom stereocenters. The minimum Gasteiger partial charge on any atom is -0.352 e. The van der Waals surface area contributed by atoms with Gasteiger partial charge in [-0.25, -0.2) is 0 Å². The molecule has 17 heavy (non-hydrogen) atoms. The Morgan fingerprint density at radius 2 is 2.41 bits per heavy atom. The number of nitrogens with one attached hydrogen (secondary N) is 1. The number of hydrogen-bond acceptors (Lipinski definition) is 3. The lowest BCUT2D eigenvalue weighted by atomic mass is 9.95. The standard InChI is InChI=1S/C13H20N2OS/c1-9(8-11-4-3-7-17-11)15-12(16)13(2,14)10-5-6-10/h3-4,7,9-10H,5-6,8,14H2,1-2H3,(H,15,16). The summed E-state index contributed by atoms with van der Waals surface area (Å²) in [6.07, 6.45) is 3.05. The summed E-state index contributed by atoms with van der Waals surface area (Å²) in [5.41, 5.74) is 5.39. The van der Waals surface area contributed by atoms with Gasteiger partial charge in [-0.05, 0) is 44.1 Å². The van der Waals surface area contributed by atoms with Crippen LogP contribution in [-0.4, -0.2) is 17.5 Å². The molecule has 3 nitrogen and oxygen atoms in total. The highest BCUT2D eigenvalue weighted by molar-refractivity contribution is 7.09. The van der Waals surface area contributed by atoms with E-state index in [4.69, 9.17) is 5.73 Å². The monoisotopic (exact) mass is 252 g/mol. The summed E-state index contributed by atoms with van der Waals surface area (Å²) in [5, 5.41) is 5.08. The van der Waals surface area contributed by atoms with Crippen molar-refractivity contribution in [3.05, 3.63) is 22.4 Å². The Balaban J connectivity index is 1.85. The van der Waals surface area contributed by atoms with Crippen molar-refractivity contribution in [2.75, 3.05) is 0 Å². The van der Waals surface area contributed by atoms with Crippen molar-refractivity contribution >= 4 is 17.2 Å². The Morgan fingerprint density at radius 3 is 2.94 bits per heavy atom. The zero-order valence-electron chi connectivity index (χ0n) is 10.4. The van der Waals surface area contributed by atoms with Gasteiger partial charge in [0.2, 0.25) is 5.91 Å². The van der Waals surface area contributed by atoms with Crippen LogP contribution < -0.4 is 11.1 Å². The van der Waals surface area contributed by atoms with Gasteiger partial charge in [0.05, 0.1) is 5.54 Å². The van der Waals surface area contributed by atoms with Crippen molar-refractivity contribution in [3.8, 4) is 0 Å². The van der Waals surface area contributed by atoms with Gasteiger partial charge in [0.25, 0.3) is 0 Å². The molecule has 0 spiro atoms. The third-order valence-corrected chi connectivity index (χ3v) is 4.28. The molecular weight excluding hydrogens is 232 g/mol. The number of thiophene rings is 1. The molecule has 1 aliphatic carbocycles. The van der Waals surface area contributed by atoms with E-state index >= 15 is 0 Å². The van der Waals surface area contributed by atoms with Crippen LogP contribution in [0, 0.1) is 5.92 Å². The molecular formula is C13H20N2OS. The zero-order chi connectivity index (χ0) is 12.5. The van der Waals surface area contributed by atoms with E-state index in [1.807, 2.05) is 19.9 Å². The maximum Gasteiger partial charge on any atom is 0.240 e.